The van der Waals surface area contributed by atoms with Crippen LogP contribution in [0.15, 0.2) is 54.6 Å². The number of nitrogens with one attached hydrogen (secondary N) is 1. The Kier molecular flexibility index (Phi) is 3.84. The van der Waals surface area contributed by atoms with Gasteiger partial charge in [-0.05, 0) is 23.3 Å². The van der Waals surface area contributed by atoms with E-state index in [1.807, 2.05) is 30.3 Å². The second-order valence-corrected chi connectivity index (χ2v) is 3.94. The molecule has 2 aromatic carbocycles. The number of halogens is 1. The van der Waals surface area contributed by atoms with Gasteiger partial charge in [0, 0.05) is 18.1 Å². The molecule has 0 saturated heterocycles. The Bertz CT molecular complexity index is 422. The molecule has 2 rings (SSSR count). The van der Waals surface area contributed by atoms with Crippen LogP contribution in [0.2, 0.25) is 0 Å². The zero-order valence-corrected chi connectivity index (χ0v) is 9.74. The molecule has 0 aromatic heterocycles. The first kappa shape index (κ1) is 11.0. The van der Waals surface area contributed by atoms with Crippen LogP contribution in [0.4, 0.5) is 5.69 Å². The molecular weight excluding hydrogens is 218 g/mol. The fourth-order valence-corrected chi connectivity index (χ4v) is 1.69. The quantitative estimate of drug-likeness (QED) is 0.784. The fourth-order valence-electron chi connectivity index (χ4n) is 1.51. The first-order valence-corrected chi connectivity index (χ1v) is 5.84. The average molecular weight is 232 g/mol. The Morgan fingerprint density at radius 1 is 0.812 bits per heavy atom. The molecule has 16 heavy (non-hydrogen) atoms. The zero-order chi connectivity index (χ0) is 11.2. The second kappa shape index (κ2) is 5.57. The predicted molar refractivity (Wildman–Crippen MR) is 69.8 cm³/mol. The molecule has 2 aromatic rings. The molecule has 0 amide bonds. The van der Waals surface area contributed by atoms with Crippen molar-refractivity contribution in [1.82, 2.24) is 0 Å². The summed E-state index contributed by atoms with van der Waals surface area (Å²) in [6.45, 7) is 0.848. The van der Waals surface area contributed by atoms with E-state index in [1.54, 1.807) is 0 Å². The van der Waals surface area contributed by atoms with Gasteiger partial charge in [-0.25, -0.2) is 0 Å². The topological polar surface area (TPSA) is 12.0 Å². The molecule has 0 bridgehead atoms. The first-order chi connectivity index (χ1) is 7.88. The van der Waals surface area contributed by atoms with E-state index in [-0.39, 0.29) is 0 Å². The zero-order valence-electron chi connectivity index (χ0n) is 8.99. The molecule has 0 radical (unpaired) electrons. The van der Waals surface area contributed by atoms with Crippen LogP contribution in [0.5, 0.6) is 0 Å². The van der Waals surface area contributed by atoms with Gasteiger partial charge in [0.2, 0.25) is 0 Å². The maximum atomic E-state index is 5.73. The lowest BCUT2D eigenvalue weighted by Gasteiger charge is -2.06. The lowest BCUT2D eigenvalue weighted by Crippen LogP contribution is -1.98. The summed E-state index contributed by atoms with van der Waals surface area (Å²) in [6, 6.07) is 18.5. The van der Waals surface area contributed by atoms with Crippen LogP contribution in [0.25, 0.3) is 0 Å². The van der Waals surface area contributed by atoms with Crippen LogP contribution in [0.1, 0.15) is 11.1 Å². The highest BCUT2D eigenvalue weighted by Gasteiger charge is 1.94. The number of benzene rings is 2. The van der Waals surface area contributed by atoms with Crippen molar-refractivity contribution >= 4 is 17.3 Å². The number of alkyl halides is 1. The van der Waals surface area contributed by atoms with E-state index in [9.17, 15) is 0 Å². The monoisotopic (exact) mass is 231 g/mol. The van der Waals surface area contributed by atoms with Crippen LogP contribution < -0.4 is 5.32 Å². The molecule has 2 heteroatoms. The van der Waals surface area contributed by atoms with Gasteiger partial charge in [0.15, 0.2) is 0 Å². The van der Waals surface area contributed by atoms with E-state index >= 15 is 0 Å². The maximum Gasteiger partial charge on any atom is 0.0474 e. The molecule has 0 saturated carbocycles. The fraction of sp³-hybridized carbons (Fsp3) is 0.143. The smallest absolute Gasteiger partial charge is 0.0474 e. The molecule has 0 heterocycles. The van der Waals surface area contributed by atoms with Gasteiger partial charge in [0.1, 0.15) is 0 Å². The Balaban J connectivity index is 1.94. The third-order valence-electron chi connectivity index (χ3n) is 2.45. The molecule has 0 fully saturated rings. The van der Waals surface area contributed by atoms with Crippen molar-refractivity contribution < 1.29 is 0 Å². The Morgan fingerprint density at radius 2 is 1.50 bits per heavy atom. The second-order valence-electron chi connectivity index (χ2n) is 3.67. The molecule has 0 unspecified atom stereocenters. The van der Waals surface area contributed by atoms with Crippen molar-refractivity contribution in [2.75, 3.05) is 5.32 Å². The highest BCUT2D eigenvalue weighted by molar-refractivity contribution is 6.17. The summed E-state index contributed by atoms with van der Waals surface area (Å²) >= 11 is 5.73. The molecule has 0 spiro atoms. The molecule has 82 valence electrons. The number of anilines is 1. The van der Waals surface area contributed by atoms with Crippen molar-refractivity contribution in [2.24, 2.45) is 0 Å². The van der Waals surface area contributed by atoms with E-state index in [0.717, 1.165) is 17.8 Å². The van der Waals surface area contributed by atoms with Gasteiger partial charge in [0.25, 0.3) is 0 Å². The Labute approximate surface area is 101 Å². The lowest BCUT2D eigenvalue weighted by molar-refractivity contribution is 1.15. The minimum Gasteiger partial charge on any atom is -0.381 e. The van der Waals surface area contributed by atoms with Crippen molar-refractivity contribution in [3.8, 4) is 0 Å². The van der Waals surface area contributed by atoms with Crippen LogP contribution in [0, 0.1) is 0 Å². The molecule has 0 aliphatic carbocycles. The van der Waals surface area contributed by atoms with E-state index in [0.29, 0.717) is 5.88 Å². The minimum absolute atomic E-state index is 0.568. The Morgan fingerprint density at radius 3 is 2.12 bits per heavy atom. The summed E-state index contributed by atoms with van der Waals surface area (Å²) in [6.07, 6.45) is 0. The summed E-state index contributed by atoms with van der Waals surface area (Å²) < 4.78 is 0. The van der Waals surface area contributed by atoms with Gasteiger partial charge >= 0.3 is 0 Å². The number of hydrogen-bond acceptors (Lipinski definition) is 1. The lowest BCUT2D eigenvalue weighted by atomic mass is 10.2. The van der Waals surface area contributed by atoms with Crippen molar-refractivity contribution in [3.05, 3.63) is 65.7 Å². The summed E-state index contributed by atoms with van der Waals surface area (Å²) in [7, 11) is 0. The van der Waals surface area contributed by atoms with Gasteiger partial charge in [-0.3, -0.25) is 0 Å². The molecule has 0 atom stereocenters. The maximum absolute atomic E-state index is 5.73. The molecular formula is C14H14ClN. The molecule has 0 aliphatic rings. The minimum atomic E-state index is 0.568. The molecule has 1 N–H and O–H groups in total. The van der Waals surface area contributed by atoms with Crippen LogP contribution in [-0.4, -0.2) is 0 Å². The largest absolute Gasteiger partial charge is 0.381 e. The van der Waals surface area contributed by atoms with E-state index in [2.05, 4.69) is 29.6 Å². The van der Waals surface area contributed by atoms with Crippen LogP contribution in [0.3, 0.4) is 0 Å². The highest BCUT2D eigenvalue weighted by atomic mass is 35.5. The van der Waals surface area contributed by atoms with E-state index < -0.39 is 0 Å². The first-order valence-electron chi connectivity index (χ1n) is 5.31. The van der Waals surface area contributed by atoms with E-state index in [4.69, 9.17) is 11.6 Å². The molecule has 0 aliphatic heterocycles. The van der Waals surface area contributed by atoms with Gasteiger partial charge in [-0.2, -0.15) is 0 Å². The average Bonchev–Trinajstić information content (AvgIpc) is 2.38. The SMILES string of the molecule is ClCc1ccc(NCc2ccccc2)cc1. The van der Waals surface area contributed by atoms with Crippen molar-refractivity contribution in [3.63, 3.8) is 0 Å². The standard InChI is InChI=1S/C14H14ClN/c15-10-12-6-8-14(9-7-12)16-11-13-4-2-1-3-5-13/h1-9,16H,10-11H2. The predicted octanol–water partition coefficient (Wildman–Crippen LogP) is 4.04. The normalized spacial score (nSPS) is 10.1. The van der Waals surface area contributed by atoms with Crippen LogP contribution >= 0.6 is 11.6 Å². The number of hydrogen-bond donors (Lipinski definition) is 1. The van der Waals surface area contributed by atoms with Gasteiger partial charge < -0.3 is 5.32 Å². The third-order valence-corrected chi connectivity index (χ3v) is 2.76. The van der Waals surface area contributed by atoms with Gasteiger partial charge in [-0.15, -0.1) is 11.6 Å². The summed E-state index contributed by atoms with van der Waals surface area (Å²) in [5.74, 6) is 0.568. The van der Waals surface area contributed by atoms with Crippen molar-refractivity contribution in [1.29, 1.82) is 0 Å². The Hall–Kier alpha value is -1.47. The van der Waals surface area contributed by atoms with Crippen molar-refractivity contribution in [2.45, 2.75) is 12.4 Å². The summed E-state index contributed by atoms with van der Waals surface area (Å²) in [5, 5.41) is 3.37. The number of rotatable bonds is 4. The van der Waals surface area contributed by atoms with Gasteiger partial charge in [0.05, 0.1) is 0 Å². The van der Waals surface area contributed by atoms with Crippen LogP contribution in [-0.2, 0) is 12.4 Å². The summed E-state index contributed by atoms with van der Waals surface area (Å²) in [5.41, 5.74) is 3.55. The highest BCUT2D eigenvalue weighted by Crippen LogP contribution is 2.12. The van der Waals surface area contributed by atoms with E-state index in [1.165, 1.54) is 5.56 Å². The molecule has 1 nitrogen and oxygen atoms in total. The summed E-state index contributed by atoms with van der Waals surface area (Å²) in [4.78, 5) is 0. The van der Waals surface area contributed by atoms with Gasteiger partial charge in [-0.1, -0.05) is 42.5 Å². The third kappa shape index (κ3) is 3.01.